The second-order valence-corrected chi connectivity index (χ2v) is 7.77. The van der Waals surface area contributed by atoms with E-state index in [4.69, 9.17) is 9.47 Å². The van der Waals surface area contributed by atoms with Gasteiger partial charge in [-0.15, -0.1) is 0 Å². The summed E-state index contributed by atoms with van der Waals surface area (Å²) in [6, 6.07) is 14.9. The fraction of sp³-hybridized carbons (Fsp3) is 0.462. The Morgan fingerprint density at radius 3 is 1.77 bits per heavy atom. The lowest BCUT2D eigenvalue weighted by molar-refractivity contribution is -0.138. The number of esters is 2. The molecule has 0 aliphatic heterocycles. The summed E-state index contributed by atoms with van der Waals surface area (Å²) in [6.45, 7) is 6.02. The monoisotopic (exact) mass is 410 g/mol. The Balaban J connectivity index is 1.82. The average Bonchev–Trinajstić information content (AvgIpc) is 2.76. The predicted octanol–water partition coefficient (Wildman–Crippen LogP) is 6.96. The van der Waals surface area contributed by atoms with Gasteiger partial charge in [0.15, 0.2) is 0 Å². The molecule has 4 nitrogen and oxygen atoms in total. The standard InChI is InChI=1S/C26H34O4/c1-4-6-7-8-9-10-11-25(27)29-23-16-12-21(13-17-23)22-14-18-24(19-15-22)30-26(28)20(3)5-2/h12-20H,4-11H2,1-3H3. The van der Waals surface area contributed by atoms with E-state index in [0.29, 0.717) is 17.9 Å². The lowest BCUT2D eigenvalue weighted by Gasteiger charge is -2.10. The molecule has 4 heteroatoms. The molecule has 2 rings (SSSR count). The largest absolute Gasteiger partial charge is 0.427 e. The second kappa shape index (κ2) is 12.8. The maximum Gasteiger partial charge on any atom is 0.314 e. The first-order chi connectivity index (χ1) is 14.5. The summed E-state index contributed by atoms with van der Waals surface area (Å²) in [7, 11) is 0. The molecule has 1 unspecified atom stereocenters. The quantitative estimate of drug-likeness (QED) is 0.216. The van der Waals surface area contributed by atoms with Gasteiger partial charge < -0.3 is 9.47 Å². The molecule has 0 aromatic heterocycles. The maximum absolute atomic E-state index is 12.0. The van der Waals surface area contributed by atoms with Crippen molar-refractivity contribution in [2.75, 3.05) is 0 Å². The van der Waals surface area contributed by atoms with E-state index in [9.17, 15) is 9.59 Å². The third kappa shape index (κ3) is 8.02. The van der Waals surface area contributed by atoms with Crippen LogP contribution in [0.1, 0.15) is 72.1 Å². The molecule has 162 valence electrons. The summed E-state index contributed by atoms with van der Waals surface area (Å²) in [5.41, 5.74) is 2.01. The first kappa shape index (κ1) is 23.7. The van der Waals surface area contributed by atoms with Gasteiger partial charge in [-0.25, -0.2) is 0 Å². The molecule has 0 heterocycles. The van der Waals surface area contributed by atoms with Crippen molar-refractivity contribution >= 4 is 11.9 Å². The zero-order valence-corrected chi connectivity index (χ0v) is 18.5. The molecule has 0 saturated carbocycles. The van der Waals surface area contributed by atoms with Crippen LogP contribution in [0.5, 0.6) is 11.5 Å². The molecule has 0 fully saturated rings. The van der Waals surface area contributed by atoms with Crippen molar-refractivity contribution in [2.24, 2.45) is 5.92 Å². The SMILES string of the molecule is CCCCCCCCC(=O)Oc1ccc(-c2ccc(OC(=O)C(C)CC)cc2)cc1. The Hall–Kier alpha value is -2.62. The zero-order chi connectivity index (χ0) is 21.8. The van der Waals surface area contributed by atoms with Crippen molar-refractivity contribution in [3.8, 4) is 22.6 Å². The molecule has 0 aliphatic rings. The summed E-state index contributed by atoms with van der Waals surface area (Å²) in [6.07, 6.45) is 8.11. The van der Waals surface area contributed by atoms with E-state index in [0.717, 1.165) is 30.4 Å². The smallest absolute Gasteiger partial charge is 0.314 e. The van der Waals surface area contributed by atoms with Gasteiger partial charge in [-0.3, -0.25) is 9.59 Å². The van der Waals surface area contributed by atoms with Crippen molar-refractivity contribution in [2.45, 2.75) is 72.1 Å². The van der Waals surface area contributed by atoms with Gasteiger partial charge in [-0.2, -0.15) is 0 Å². The molecule has 2 aromatic rings. The number of benzene rings is 2. The first-order valence-electron chi connectivity index (χ1n) is 11.2. The summed E-state index contributed by atoms with van der Waals surface area (Å²) in [5, 5.41) is 0. The number of hydrogen-bond acceptors (Lipinski definition) is 4. The molecule has 0 bridgehead atoms. The topological polar surface area (TPSA) is 52.6 Å². The van der Waals surface area contributed by atoms with Crippen molar-refractivity contribution in [1.82, 2.24) is 0 Å². The molecule has 0 saturated heterocycles. The number of unbranched alkanes of at least 4 members (excludes halogenated alkanes) is 5. The van der Waals surface area contributed by atoms with E-state index in [1.807, 2.05) is 50.2 Å². The minimum Gasteiger partial charge on any atom is -0.427 e. The van der Waals surface area contributed by atoms with E-state index < -0.39 is 0 Å². The van der Waals surface area contributed by atoms with E-state index in [1.54, 1.807) is 12.1 Å². The molecule has 1 atom stereocenters. The maximum atomic E-state index is 12.0. The number of ether oxygens (including phenoxy) is 2. The Kier molecular flexibility index (Phi) is 10.1. The van der Waals surface area contributed by atoms with Gasteiger partial charge in [0.05, 0.1) is 5.92 Å². The first-order valence-corrected chi connectivity index (χ1v) is 11.2. The van der Waals surface area contributed by atoms with E-state index in [1.165, 1.54) is 25.7 Å². The van der Waals surface area contributed by atoms with Crippen LogP contribution in [0.3, 0.4) is 0 Å². The van der Waals surface area contributed by atoms with Gasteiger partial charge in [0, 0.05) is 6.42 Å². The molecule has 0 radical (unpaired) electrons. The highest BCUT2D eigenvalue weighted by atomic mass is 16.5. The summed E-state index contributed by atoms with van der Waals surface area (Å²) < 4.78 is 10.8. The highest BCUT2D eigenvalue weighted by molar-refractivity contribution is 5.75. The van der Waals surface area contributed by atoms with Crippen LogP contribution < -0.4 is 9.47 Å². The minimum atomic E-state index is -0.211. The normalized spacial score (nSPS) is 11.7. The van der Waals surface area contributed by atoms with Crippen LogP contribution in [0.15, 0.2) is 48.5 Å². The molecule has 0 N–H and O–H groups in total. The molecule has 0 aliphatic carbocycles. The van der Waals surface area contributed by atoms with Gasteiger partial charge in [0.25, 0.3) is 0 Å². The highest BCUT2D eigenvalue weighted by Gasteiger charge is 2.13. The van der Waals surface area contributed by atoms with Gasteiger partial charge in [-0.05, 0) is 48.2 Å². The summed E-state index contributed by atoms with van der Waals surface area (Å²) in [4.78, 5) is 23.9. The molecular weight excluding hydrogens is 376 g/mol. The Morgan fingerprint density at radius 1 is 0.733 bits per heavy atom. The number of rotatable bonds is 12. The van der Waals surface area contributed by atoms with Gasteiger partial charge in [0.1, 0.15) is 11.5 Å². The van der Waals surface area contributed by atoms with Gasteiger partial charge in [-0.1, -0.05) is 77.1 Å². The second-order valence-electron chi connectivity index (χ2n) is 7.77. The Bertz CT molecular complexity index is 778. The fourth-order valence-electron chi connectivity index (χ4n) is 3.05. The highest BCUT2D eigenvalue weighted by Crippen LogP contribution is 2.25. The lowest BCUT2D eigenvalue weighted by atomic mass is 10.1. The lowest BCUT2D eigenvalue weighted by Crippen LogP contribution is -2.16. The van der Waals surface area contributed by atoms with Crippen LogP contribution >= 0.6 is 0 Å². The molecular formula is C26H34O4. The average molecular weight is 411 g/mol. The minimum absolute atomic E-state index is 0.110. The fourth-order valence-corrected chi connectivity index (χ4v) is 3.05. The number of carbonyl (C=O) groups is 2. The zero-order valence-electron chi connectivity index (χ0n) is 18.5. The van der Waals surface area contributed by atoms with E-state index in [-0.39, 0.29) is 17.9 Å². The third-order valence-corrected chi connectivity index (χ3v) is 5.24. The van der Waals surface area contributed by atoms with Gasteiger partial charge >= 0.3 is 11.9 Å². The Morgan fingerprint density at radius 2 is 1.23 bits per heavy atom. The van der Waals surface area contributed by atoms with Crippen molar-refractivity contribution in [1.29, 1.82) is 0 Å². The van der Waals surface area contributed by atoms with Gasteiger partial charge in [0.2, 0.25) is 0 Å². The van der Waals surface area contributed by atoms with Crippen LogP contribution in [0.25, 0.3) is 11.1 Å². The predicted molar refractivity (Wildman–Crippen MR) is 121 cm³/mol. The molecule has 2 aromatic carbocycles. The van der Waals surface area contributed by atoms with Crippen LogP contribution in [0, 0.1) is 5.92 Å². The van der Waals surface area contributed by atoms with Crippen LogP contribution in [0.4, 0.5) is 0 Å². The summed E-state index contributed by atoms with van der Waals surface area (Å²) >= 11 is 0. The number of hydrogen-bond donors (Lipinski definition) is 0. The molecule has 0 spiro atoms. The van der Waals surface area contributed by atoms with Crippen molar-refractivity contribution < 1.29 is 19.1 Å². The Labute approximate surface area is 180 Å². The van der Waals surface area contributed by atoms with Crippen molar-refractivity contribution in [3.05, 3.63) is 48.5 Å². The van der Waals surface area contributed by atoms with Crippen LogP contribution in [-0.4, -0.2) is 11.9 Å². The third-order valence-electron chi connectivity index (χ3n) is 5.24. The summed E-state index contributed by atoms with van der Waals surface area (Å²) in [5.74, 6) is 0.613. The molecule has 30 heavy (non-hydrogen) atoms. The van der Waals surface area contributed by atoms with E-state index >= 15 is 0 Å². The van der Waals surface area contributed by atoms with Crippen LogP contribution in [0.2, 0.25) is 0 Å². The van der Waals surface area contributed by atoms with E-state index in [2.05, 4.69) is 6.92 Å². The number of carbonyl (C=O) groups excluding carboxylic acids is 2. The molecule has 0 amide bonds. The van der Waals surface area contributed by atoms with Crippen LogP contribution in [-0.2, 0) is 9.59 Å². The van der Waals surface area contributed by atoms with Crippen molar-refractivity contribution in [3.63, 3.8) is 0 Å².